The predicted octanol–water partition coefficient (Wildman–Crippen LogP) is 1.02. The average Bonchev–Trinajstić information content (AvgIpc) is 3.19. The Morgan fingerprint density at radius 2 is 2.13 bits per heavy atom. The van der Waals surface area contributed by atoms with E-state index in [-0.39, 0.29) is 12.0 Å². The van der Waals surface area contributed by atoms with E-state index in [4.69, 9.17) is 4.74 Å². The molecule has 2 aromatic rings. The fourth-order valence-corrected chi connectivity index (χ4v) is 2.56. The Balaban J connectivity index is 1.55. The molecule has 0 aliphatic carbocycles. The second kappa shape index (κ2) is 6.68. The van der Waals surface area contributed by atoms with Crippen LogP contribution in [0.3, 0.4) is 0 Å². The van der Waals surface area contributed by atoms with Crippen LogP contribution in [0.5, 0.6) is 5.88 Å². The lowest BCUT2D eigenvalue weighted by Gasteiger charge is -2.18. The molecule has 122 valence electrons. The van der Waals surface area contributed by atoms with E-state index < -0.39 is 0 Å². The van der Waals surface area contributed by atoms with Gasteiger partial charge in [0.15, 0.2) is 5.82 Å². The van der Waals surface area contributed by atoms with Crippen LogP contribution >= 0.6 is 0 Å². The van der Waals surface area contributed by atoms with Gasteiger partial charge in [0.25, 0.3) is 0 Å². The predicted molar refractivity (Wildman–Crippen MR) is 86.4 cm³/mol. The zero-order valence-electron chi connectivity index (χ0n) is 13.4. The van der Waals surface area contributed by atoms with Gasteiger partial charge in [0, 0.05) is 39.5 Å². The Bertz CT molecular complexity index is 656. The first-order valence-electron chi connectivity index (χ1n) is 7.66. The molecule has 0 aromatic carbocycles. The monoisotopic (exact) mass is 315 g/mol. The number of aromatic nitrogens is 3. The number of ether oxygens (including phenoxy) is 1. The highest BCUT2D eigenvalue weighted by atomic mass is 16.5. The van der Waals surface area contributed by atoms with Gasteiger partial charge in [-0.15, -0.1) is 0 Å². The van der Waals surface area contributed by atoms with Crippen LogP contribution in [0.15, 0.2) is 36.9 Å². The van der Waals surface area contributed by atoms with Crippen molar-refractivity contribution in [3.63, 3.8) is 0 Å². The molecule has 0 N–H and O–H groups in total. The summed E-state index contributed by atoms with van der Waals surface area (Å²) < 4.78 is 7.76. The molecule has 7 heteroatoms. The number of carbonyl (C=O) groups is 1. The molecular weight excluding hydrogens is 294 g/mol. The van der Waals surface area contributed by atoms with Gasteiger partial charge in [-0.05, 0) is 12.1 Å². The van der Waals surface area contributed by atoms with Crippen molar-refractivity contribution < 1.29 is 9.53 Å². The third-order valence-electron chi connectivity index (χ3n) is 3.83. The van der Waals surface area contributed by atoms with Crippen LogP contribution in [0.2, 0.25) is 0 Å². The summed E-state index contributed by atoms with van der Waals surface area (Å²) in [5.74, 6) is 1.36. The van der Waals surface area contributed by atoms with Gasteiger partial charge in [0.1, 0.15) is 12.6 Å². The van der Waals surface area contributed by atoms with Crippen molar-refractivity contribution in [2.24, 2.45) is 0 Å². The Kier molecular flexibility index (Phi) is 4.45. The molecule has 2 aromatic heterocycles. The summed E-state index contributed by atoms with van der Waals surface area (Å²) >= 11 is 0. The summed E-state index contributed by atoms with van der Waals surface area (Å²) in [6.45, 7) is 1.68. The summed E-state index contributed by atoms with van der Waals surface area (Å²) in [4.78, 5) is 24.5. The molecule has 1 atom stereocenters. The van der Waals surface area contributed by atoms with Gasteiger partial charge < -0.3 is 19.1 Å². The number of anilines is 1. The van der Waals surface area contributed by atoms with Crippen molar-refractivity contribution in [1.82, 2.24) is 19.4 Å². The van der Waals surface area contributed by atoms with Crippen LogP contribution < -0.4 is 9.64 Å². The van der Waals surface area contributed by atoms with Gasteiger partial charge in [0.05, 0.1) is 18.9 Å². The van der Waals surface area contributed by atoms with E-state index in [1.54, 1.807) is 12.4 Å². The number of hydrogen-bond donors (Lipinski definition) is 0. The van der Waals surface area contributed by atoms with Crippen LogP contribution in [0.25, 0.3) is 0 Å². The smallest absolute Gasteiger partial charge is 0.242 e. The van der Waals surface area contributed by atoms with Crippen LogP contribution in [-0.2, 0) is 11.3 Å². The van der Waals surface area contributed by atoms with E-state index in [1.807, 2.05) is 53.0 Å². The summed E-state index contributed by atoms with van der Waals surface area (Å²) in [5.41, 5.74) is 0. The van der Waals surface area contributed by atoms with Gasteiger partial charge in [-0.3, -0.25) is 9.78 Å². The molecule has 3 heterocycles. The molecule has 1 aliphatic rings. The van der Waals surface area contributed by atoms with Crippen molar-refractivity contribution in [3.05, 3.63) is 36.9 Å². The number of hydrogen-bond acceptors (Lipinski definition) is 5. The van der Waals surface area contributed by atoms with Gasteiger partial charge in [-0.2, -0.15) is 4.98 Å². The van der Waals surface area contributed by atoms with Gasteiger partial charge in [0.2, 0.25) is 11.8 Å². The third kappa shape index (κ3) is 3.80. The molecule has 23 heavy (non-hydrogen) atoms. The first-order chi connectivity index (χ1) is 11.1. The highest BCUT2D eigenvalue weighted by molar-refractivity contribution is 5.76. The quantitative estimate of drug-likeness (QED) is 0.824. The first kappa shape index (κ1) is 15.3. The molecule has 1 saturated heterocycles. The maximum atomic E-state index is 12.3. The SMILES string of the molecule is CN(C)c1cncc(O[C@H]2CCN(C(=O)Cn3cccc3)C2)n1. The largest absolute Gasteiger partial charge is 0.471 e. The van der Waals surface area contributed by atoms with Crippen molar-refractivity contribution in [2.75, 3.05) is 32.1 Å². The lowest BCUT2D eigenvalue weighted by molar-refractivity contribution is -0.131. The topological polar surface area (TPSA) is 63.5 Å². The zero-order valence-corrected chi connectivity index (χ0v) is 13.4. The molecule has 1 amide bonds. The van der Waals surface area contributed by atoms with E-state index in [0.717, 1.165) is 12.2 Å². The number of carbonyl (C=O) groups excluding carboxylic acids is 1. The Morgan fingerprint density at radius 3 is 2.87 bits per heavy atom. The molecule has 0 unspecified atom stereocenters. The molecule has 7 nitrogen and oxygen atoms in total. The van der Waals surface area contributed by atoms with Crippen molar-refractivity contribution in [1.29, 1.82) is 0 Å². The number of amides is 1. The fraction of sp³-hybridized carbons (Fsp3) is 0.438. The summed E-state index contributed by atoms with van der Waals surface area (Å²) in [5, 5.41) is 0. The molecule has 1 aliphatic heterocycles. The van der Waals surface area contributed by atoms with Crippen molar-refractivity contribution in [2.45, 2.75) is 19.1 Å². The molecule has 0 bridgehead atoms. The van der Waals surface area contributed by atoms with Gasteiger partial charge in [-0.1, -0.05) is 0 Å². The first-order valence-corrected chi connectivity index (χ1v) is 7.66. The van der Waals surface area contributed by atoms with E-state index in [9.17, 15) is 4.79 Å². The highest BCUT2D eigenvalue weighted by Crippen LogP contribution is 2.18. The third-order valence-corrected chi connectivity index (χ3v) is 3.83. The number of nitrogens with zero attached hydrogens (tertiary/aromatic N) is 5. The summed E-state index contributed by atoms with van der Waals surface area (Å²) in [6.07, 6.45) is 7.86. The van der Waals surface area contributed by atoms with Crippen LogP contribution in [0.4, 0.5) is 5.82 Å². The van der Waals surface area contributed by atoms with Crippen molar-refractivity contribution >= 4 is 11.7 Å². The van der Waals surface area contributed by atoms with Crippen LogP contribution in [0.1, 0.15) is 6.42 Å². The standard InChI is InChI=1S/C16H21N5O2/c1-19(2)14-9-17-10-15(18-14)23-13-5-8-21(11-13)16(22)12-20-6-3-4-7-20/h3-4,6-7,9-10,13H,5,8,11-12H2,1-2H3/t13-/m0/s1. The van der Waals surface area contributed by atoms with E-state index in [1.165, 1.54) is 0 Å². The Labute approximate surface area is 135 Å². The lowest BCUT2D eigenvalue weighted by Crippen LogP contribution is -2.33. The Morgan fingerprint density at radius 1 is 1.35 bits per heavy atom. The minimum Gasteiger partial charge on any atom is -0.471 e. The lowest BCUT2D eigenvalue weighted by atomic mass is 10.3. The molecule has 0 spiro atoms. The zero-order chi connectivity index (χ0) is 16.2. The normalized spacial score (nSPS) is 17.3. The molecule has 0 saturated carbocycles. The molecule has 0 radical (unpaired) electrons. The fourth-order valence-electron chi connectivity index (χ4n) is 2.56. The van der Waals surface area contributed by atoms with Crippen LogP contribution in [-0.4, -0.2) is 58.6 Å². The second-order valence-corrected chi connectivity index (χ2v) is 5.83. The molecular formula is C16H21N5O2. The maximum Gasteiger partial charge on any atom is 0.242 e. The summed E-state index contributed by atoms with van der Waals surface area (Å²) in [7, 11) is 3.82. The number of likely N-dealkylation sites (tertiary alicyclic amines) is 1. The summed E-state index contributed by atoms with van der Waals surface area (Å²) in [6, 6.07) is 3.83. The van der Waals surface area contributed by atoms with E-state index in [0.29, 0.717) is 25.5 Å². The minimum absolute atomic E-state index is 0.0321. The van der Waals surface area contributed by atoms with E-state index in [2.05, 4.69) is 9.97 Å². The van der Waals surface area contributed by atoms with Gasteiger partial charge in [-0.25, -0.2) is 0 Å². The molecule has 3 rings (SSSR count). The minimum atomic E-state index is -0.0321. The van der Waals surface area contributed by atoms with Crippen LogP contribution in [0, 0.1) is 0 Å². The highest BCUT2D eigenvalue weighted by Gasteiger charge is 2.28. The number of rotatable bonds is 5. The Hall–Kier alpha value is -2.57. The maximum absolute atomic E-state index is 12.3. The molecule has 1 fully saturated rings. The second-order valence-electron chi connectivity index (χ2n) is 5.83. The van der Waals surface area contributed by atoms with Crippen molar-refractivity contribution in [3.8, 4) is 5.88 Å². The average molecular weight is 315 g/mol. The van der Waals surface area contributed by atoms with Gasteiger partial charge >= 0.3 is 0 Å². The van der Waals surface area contributed by atoms with E-state index >= 15 is 0 Å².